The smallest absolute Gasteiger partial charge is 0.0842 e. The van der Waals surface area contributed by atoms with E-state index < -0.39 is 0 Å². The number of hydrogen-bond donors (Lipinski definition) is 0. The Hall–Kier alpha value is 0.920. The fourth-order valence-corrected chi connectivity index (χ4v) is 2.75. The van der Waals surface area contributed by atoms with E-state index in [1.165, 1.54) is 25.7 Å². The van der Waals surface area contributed by atoms with E-state index in [1.54, 1.807) is 0 Å². The lowest BCUT2D eigenvalue weighted by molar-refractivity contribution is 0.358. The predicted octanol–water partition coefficient (Wildman–Crippen LogP) is 2.85. The average molecular weight is 284 g/mol. The SMILES string of the molecule is Br[C@@H]1CC[C@@H]2O[C@H]2CC[C@H]1Br. The second kappa shape index (κ2) is 3.35. The minimum absolute atomic E-state index is 0.607. The molecule has 0 N–H and O–H groups in total. The number of fused-ring (bicyclic) bond motifs is 1. The molecule has 1 aliphatic carbocycles. The van der Waals surface area contributed by atoms with Crippen molar-refractivity contribution >= 4 is 31.9 Å². The highest BCUT2D eigenvalue weighted by Crippen LogP contribution is 2.37. The first-order valence-electron chi connectivity index (χ1n) is 4.21. The van der Waals surface area contributed by atoms with Crippen molar-refractivity contribution < 1.29 is 4.74 Å². The molecule has 4 atom stereocenters. The molecule has 0 amide bonds. The number of halogens is 2. The van der Waals surface area contributed by atoms with Crippen molar-refractivity contribution in [1.82, 2.24) is 0 Å². The molecule has 1 aliphatic heterocycles. The van der Waals surface area contributed by atoms with Crippen molar-refractivity contribution in [3.8, 4) is 0 Å². The van der Waals surface area contributed by atoms with E-state index >= 15 is 0 Å². The first-order chi connectivity index (χ1) is 5.27. The first-order valence-corrected chi connectivity index (χ1v) is 6.04. The van der Waals surface area contributed by atoms with Crippen LogP contribution in [0.5, 0.6) is 0 Å². The summed E-state index contributed by atoms with van der Waals surface area (Å²) in [5, 5.41) is 0. The molecule has 3 heteroatoms. The average Bonchev–Trinajstić information content (AvgIpc) is 2.72. The Morgan fingerprint density at radius 2 is 1.27 bits per heavy atom. The van der Waals surface area contributed by atoms with E-state index in [1.807, 2.05) is 0 Å². The highest BCUT2D eigenvalue weighted by atomic mass is 79.9. The van der Waals surface area contributed by atoms with E-state index in [0.29, 0.717) is 21.9 Å². The van der Waals surface area contributed by atoms with Crippen molar-refractivity contribution in [3.05, 3.63) is 0 Å². The van der Waals surface area contributed by atoms with E-state index in [2.05, 4.69) is 31.9 Å². The zero-order valence-electron chi connectivity index (χ0n) is 6.30. The summed E-state index contributed by atoms with van der Waals surface area (Å²) >= 11 is 7.36. The molecule has 11 heavy (non-hydrogen) atoms. The van der Waals surface area contributed by atoms with Gasteiger partial charge in [-0.05, 0) is 25.7 Å². The summed E-state index contributed by atoms with van der Waals surface area (Å²) in [5.74, 6) is 0. The van der Waals surface area contributed by atoms with Crippen molar-refractivity contribution in [2.24, 2.45) is 0 Å². The van der Waals surface area contributed by atoms with Crippen LogP contribution in [0, 0.1) is 0 Å². The fraction of sp³-hybridized carbons (Fsp3) is 1.00. The molecule has 1 saturated carbocycles. The van der Waals surface area contributed by atoms with E-state index in [4.69, 9.17) is 4.74 Å². The highest BCUT2D eigenvalue weighted by molar-refractivity contribution is 9.12. The third-order valence-corrected chi connectivity index (χ3v) is 5.44. The minimum Gasteiger partial charge on any atom is -0.370 e. The first kappa shape index (κ1) is 8.52. The molecule has 1 saturated heterocycles. The van der Waals surface area contributed by atoms with Crippen molar-refractivity contribution in [1.29, 1.82) is 0 Å². The van der Waals surface area contributed by atoms with Gasteiger partial charge in [0, 0.05) is 9.65 Å². The molecule has 0 aromatic rings. The van der Waals surface area contributed by atoms with Gasteiger partial charge in [0.15, 0.2) is 0 Å². The van der Waals surface area contributed by atoms with Gasteiger partial charge in [-0.3, -0.25) is 0 Å². The van der Waals surface area contributed by atoms with Crippen molar-refractivity contribution in [3.63, 3.8) is 0 Å². The second-order valence-corrected chi connectivity index (χ2v) is 5.75. The van der Waals surface area contributed by atoms with Gasteiger partial charge >= 0.3 is 0 Å². The topological polar surface area (TPSA) is 12.5 Å². The zero-order valence-corrected chi connectivity index (χ0v) is 9.47. The molecule has 1 heterocycles. The van der Waals surface area contributed by atoms with Crippen LogP contribution in [0.2, 0.25) is 0 Å². The molecular formula is C8H12Br2O. The standard InChI is InChI=1S/C8H12Br2O/c9-5-1-3-7-8(11-7)4-2-6(5)10/h5-8H,1-4H2/t5-,6-,7+,8+/m1/s1. The molecule has 64 valence electrons. The summed E-state index contributed by atoms with van der Waals surface area (Å²) in [6, 6.07) is 0. The van der Waals surface area contributed by atoms with E-state index in [-0.39, 0.29) is 0 Å². The monoisotopic (exact) mass is 282 g/mol. The maximum atomic E-state index is 5.49. The van der Waals surface area contributed by atoms with Gasteiger partial charge in [-0.2, -0.15) is 0 Å². The fourth-order valence-electron chi connectivity index (χ4n) is 1.70. The molecule has 1 nitrogen and oxygen atoms in total. The van der Waals surface area contributed by atoms with Crippen molar-refractivity contribution in [2.45, 2.75) is 47.5 Å². The van der Waals surface area contributed by atoms with Gasteiger partial charge in [-0.1, -0.05) is 31.9 Å². The Kier molecular flexibility index (Phi) is 2.59. The lowest BCUT2D eigenvalue weighted by Crippen LogP contribution is -2.18. The van der Waals surface area contributed by atoms with Crippen LogP contribution in [0.25, 0.3) is 0 Å². The Balaban J connectivity index is 1.89. The van der Waals surface area contributed by atoms with E-state index in [0.717, 1.165) is 0 Å². The number of ether oxygens (including phenoxy) is 1. The summed E-state index contributed by atoms with van der Waals surface area (Å²) in [6.07, 6.45) is 6.18. The van der Waals surface area contributed by atoms with Crippen LogP contribution in [0.4, 0.5) is 0 Å². The molecule has 0 unspecified atom stereocenters. The van der Waals surface area contributed by atoms with Gasteiger partial charge < -0.3 is 4.74 Å². The third-order valence-electron chi connectivity index (χ3n) is 2.53. The molecule has 2 fully saturated rings. The molecule has 0 spiro atoms. The third kappa shape index (κ3) is 1.99. The number of hydrogen-bond acceptors (Lipinski definition) is 1. The van der Waals surface area contributed by atoms with Gasteiger partial charge in [0.2, 0.25) is 0 Å². The largest absolute Gasteiger partial charge is 0.370 e. The molecule has 0 bridgehead atoms. The van der Waals surface area contributed by atoms with Crippen LogP contribution < -0.4 is 0 Å². The quantitative estimate of drug-likeness (QED) is 0.492. The molecule has 0 aromatic heterocycles. The van der Waals surface area contributed by atoms with Crippen LogP contribution in [-0.2, 0) is 4.74 Å². The van der Waals surface area contributed by atoms with Crippen LogP contribution in [-0.4, -0.2) is 21.9 Å². The summed E-state index contributed by atoms with van der Waals surface area (Å²) < 4.78 is 5.49. The van der Waals surface area contributed by atoms with Gasteiger partial charge in [-0.15, -0.1) is 0 Å². The second-order valence-electron chi connectivity index (χ2n) is 3.40. The minimum atomic E-state index is 0.607. The Morgan fingerprint density at radius 3 is 1.73 bits per heavy atom. The molecule has 2 rings (SSSR count). The highest BCUT2D eigenvalue weighted by Gasteiger charge is 2.40. The summed E-state index contributed by atoms with van der Waals surface area (Å²) in [6.45, 7) is 0. The van der Waals surface area contributed by atoms with Crippen LogP contribution in [0.15, 0.2) is 0 Å². The zero-order chi connectivity index (χ0) is 7.84. The molecule has 0 radical (unpaired) electrons. The van der Waals surface area contributed by atoms with Gasteiger partial charge in [0.1, 0.15) is 0 Å². The Morgan fingerprint density at radius 1 is 0.818 bits per heavy atom. The maximum Gasteiger partial charge on any atom is 0.0842 e. The molecular weight excluding hydrogens is 272 g/mol. The van der Waals surface area contributed by atoms with Crippen LogP contribution >= 0.6 is 31.9 Å². The summed E-state index contributed by atoms with van der Waals surface area (Å²) in [7, 11) is 0. The van der Waals surface area contributed by atoms with Gasteiger partial charge in [-0.25, -0.2) is 0 Å². The van der Waals surface area contributed by atoms with Crippen molar-refractivity contribution in [2.75, 3.05) is 0 Å². The summed E-state index contributed by atoms with van der Waals surface area (Å²) in [4.78, 5) is 1.29. The maximum absolute atomic E-state index is 5.49. The number of epoxide rings is 1. The molecule has 0 aromatic carbocycles. The van der Waals surface area contributed by atoms with Crippen LogP contribution in [0.3, 0.4) is 0 Å². The lowest BCUT2D eigenvalue weighted by atomic mass is 10.0. The number of rotatable bonds is 0. The van der Waals surface area contributed by atoms with E-state index in [9.17, 15) is 0 Å². The molecule has 2 aliphatic rings. The van der Waals surface area contributed by atoms with Crippen LogP contribution in [0.1, 0.15) is 25.7 Å². The predicted molar refractivity (Wildman–Crippen MR) is 52.6 cm³/mol. The summed E-state index contributed by atoms with van der Waals surface area (Å²) in [5.41, 5.74) is 0. The lowest BCUT2D eigenvalue weighted by Gasteiger charge is -2.17. The van der Waals surface area contributed by atoms with Gasteiger partial charge in [0.25, 0.3) is 0 Å². The normalized spacial score (nSPS) is 50.7. The van der Waals surface area contributed by atoms with Gasteiger partial charge in [0.05, 0.1) is 12.2 Å². The Labute approximate surface area is 84.1 Å². The Bertz CT molecular complexity index is 135. The number of alkyl halides is 2.